The molecule has 2 rings (SSSR count). The monoisotopic (exact) mass is 454 g/mol. The second-order valence-electron chi connectivity index (χ2n) is 5.47. The van der Waals surface area contributed by atoms with Crippen LogP contribution in [0.25, 0.3) is 0 Å². The van der Waals surface area contributed by atoms with Gasteiger partial charge in [-0.3, -0.25) is 0 Å². The number of hydrogen-bond donors (Lipinski definition) is 4. The SMILES string of the molecule is NC(CCS[Se]c1ccccc1C(=O)Nc1ccc(C(=O)O)cc1)C(=O)O. The van der Waals surface area contributed by atoms with Gasteiger partial charge in [0.05, 0.1) is 0 Å². The quantitative estimate of drug-likeness (QED) is 0.334. The van der Waals surface area contributed by atoms with Gasteiger partial charge in [-0.1, -0.05) is 0 Å². The van der Waals surface area contributed by atoms with Gasteiger partial charge < -0.3 is 0 Å². The number of nitrogens with one attached hydrogen (secondary N) is 1. The number of carboxylic acid groups (broad SMARTS) is 2. The predicted octanol–water partition coefficient (Wildman–Crippen LogP) is 1.42. The number of nitrogens with two attached hydrogens (primary N) is 1. The predicted molar refractivity (Wildman–Crippen MR) is 106 cm³/mol. The first-order valence-electron chi connectivity index (χ1n) is 7.90. The zero-order chi connectivity index (χ0) is 19.8. The summed E-state index contributed by atoms with van der Waals surface area (Å²) in [6, 6.07) is 12.3. The summed E-state index contributed by atoms with van der Waals surface area (Å²) in [5.41, 5.74) is 6.67. The van der Waals surface area contributed by atoms with E-state index < -0.39 is 18.0 Å². The van der Waals surface area contributed by atoms with E-state index in [-0.39, 0.29) is 25.3 Å². The van der Waals surface area contributed by atoms with Crippen LogP contribution < -0.4 is 15.5 Å². The molecule has 0 heterocycles. The van der Waals surface area contributed by atoms with Crippen molar-refractivity contribution in [3.8, 4) is 0 Å². The van der Waals surface area contributed by atoms with E-state index in [0.717, 1.165) is 4.46 Å². The Labute approximate surface area is 165 Å². The van der Waals surface area contributed by atoms with Crippen LogP contribution in [-0.4, -0.2) is 53.7 Å². The maximum atomic E-state index is 12.6. The molecule has 0 fully saturated rings. The Bertz CT molecular complexity index is 829. The third-order valence-electron chi connectivity index (χ3n) is 3.50. The van der Waals surface area contributed by atoms with E-state index in [1.165, 1.54) is 24.3 Å². The standard InChI is InChI=1S/C18H18N2O5SSe/c19-14(18(24)25)9-10-26-27-15-4-2-1-3-13(15)16(21)20-12-7-5-11(6-8-12)17(22)23/h1-8,14H,9-10,19H2,(H,20,21)(H,22,23)(H,24,25). The topological polar surface area (TPSA) is 130 Å². The van der Waals surface area contributed by atoms with Gasteiger partial charge in [-0.15, -0.1) is 0 Å². The fourth-order valence-corrected chi connectivity index (χ4v) is 6.08. The molecule has 0 aliphatic carbocycles. The molecule has 7 nitrogen and oxygen atoms in total. The summed E-state index contributed by atoms with van der Waals surface area (Å²) in [6.45, 7) is 0. The first-order valence-corrected chi connectivity index (χ1v) is 11.8. The van der Waals surface area contributed by atoms with E-state index in [1.807, 2.05) is 12.1 Å². The van der Waals surface area contributed by atoms with E-state index in [0.29, 0.717) is 23.4 Å². The van der Waals surface area contributed by atoms with Gasteiger partial charge in [-0.25, -0.2) is 0 Å². The van der Waals surface area contributed by atoms with Crippen LogP contribution in [0.1, 0.15) is 27.1 Å². The van der Waals surface area contributed by atoms with Crippen molar-refractivity contribution in [1.82, 2.24) is 0 Å². The molecule has 2 aromatic rings. The number of amides is 1. The molecule has 1 atom stereocenters. The Morgan fingerprint density at radius 3 is 2.37 bits per heavy atom. The number of carbonyl (C=O) groups excluding carboxylic acids is 1. The summed E-state index contributed by atoms with van der Waals surface area (Å²) in [5.74, 6) is -1.73. The van der Waals surface area contributed by atoms with Crippen molar-refractivity contribution >= 4 is 52.0 Å². The minimum absolute atomic E-state index is 0.0701. The number of anilines is 1. The van der Waals surface area contributed by atoms with E-state index >= 15 is 0 Å². The van der Waals surface area contributed by atoms with Crippen LogP contribution in [0.4, 0.5) is 5.69 Å². The zero-order valence-corrected chi connectivity index (χ0v) is 16.7. The second kappa shape index (κ2) is 10.1. The fraction of sp³-hybridized carbons (Fsp3) is 0.167. The Morgan fingerprint density at radius 2 is 1.74 bits per heavy atom. The molecular formula is C18H18N2O5SSe. The third kappa shape index (κ3) is 6.41. The molecule has 142 valence electrons. The van der Waals surface area contributed by atoms with Crippen molar-refractivity contribution in [2.45, 2.75) is 12.5 Å². The summed E-state index contributed by atoms with van der Waals surface area (Å²) >= 11 is -0.0701. The van der Waals surface area contributed by atoms with Gasteiger partial charge in [0, 0.05) is 0 Å². The molecule has 5 N–H and O–H groups in total. The van der Waals surface area contributed by atoms with Crippen molar-refractivity contribution in [2.75, 3.05) is 11.1 Å². The summed E-state index contributed by atoms with van der Waals surface area (Å²) in [4.78, 5) is 34.2. The van der Waals surface area contributed by atoms with Crippen molar-refractivity contribution in [2.24, 2.45) is 5.73 Å². The minimum atomic E-state index is -1.03. The Balaban J connectivity index is 1.98. The average molecular weight is 453 g/mol. The molecule has 0 radical (unpaired) electrons. The molecule has 0 saturated heterocycles. The first kappa shape index (κ1) is 21.0. The molecule has 1 unspecified atom stereocenters. The van der Waals surface area contributed by atoms with Crippen LogP contribution >= 0.6 is 10.2 Å². The molecule has 0 bridgehead atoms. The van der Waals surface area contributed by atoms with Gasteiger partial charge in [0.25, 0.3) is 0 Å². The van der Waals surface area contributed by atoms with Crippen LogP contribution in [0, 0.1) is 0 Å². The summed E-state index contributed by atoms with van der Waals surface area (Å²) in [7, 11) is 1.57. The van der Waals surface area contributed by atoms with Gasteiger partial charge in [-0.05, 0) is 0 Å². The van der Waals surface area contributed by atoms with Crippen LogP contribution in [0.5, 0.6) is 0 Å². The molecule has 0 spiro atoms. The maximum absolute atomic E-state index is 12.6. The second-order valence-corrected chi connectivity index (χ2v) is 9.74. The molecule has 0 saturated carbocycles. The number of hydrogen-bond acceptors (Lipinski definition) is 5. The molecule has 27 heavy (non-hydrogen) atoms. The van der Waals surface area contributed by atoms with Gasteiger partial charge in [0.15, 0.2) is 0 Å². The van der Waals surface area contributed by atoms with E-state index in [4.69, 9.17) is 15.9 Å². The molecule has 0 aliphatic heterocycles. The van der Waals surface area contributed by atoms with Crippen LogP contribution in [0.3, 0.4) is 0 Å². The Hall–Kier alpha value is -2.32. The Kier molecular flexibility index (Phi) is 7.87. The van der Waals surface area contributed by atoms with Crippen molar-refractivity contribution < 1.29 is 24.6 Å². The van der Waals surface area contributed by atoms with Gasteiger partial charge >= 0.3 is 166 Å². The summed E-state index contributed by atoms with van der Waals surface area (Å²) < 4.78 is 0.888. The molecule has 9 heteroatoms. The number of rotatable bonds is 9. The molecule has 0 aromatic heterocycles. The van der Waals surface area contributed by atoms with E-state index in [9.17, 15) is 14.4 Å². The average Bonchev–Trinajstić information content (AvgIpc) is 2.65. The first-order chi connectivity index (χ1) is 12.9. The zero-order valence-electron chi connectivity index (χ0n) is 14.1. The number of carboxylic acids is 2. The summed E-state index contributed by atoms with van der Waals surface area (Å²) in [6.07, 6.45) is 0.367. The van der Waals surface area contributed by atoms with Crippen LogP contribution in [0.2, 0.25) is 0 Å². The third-order valence-corrected chi connectivity index (χ3v) is 7.87. The Morgan fingerprint density at radius 1 is 1.07 bits per heavy atom. The van der Waals surface area contributed by atoms with Gasteiger partial charge in [0.1, 0.15) is 0 Å². The molecule has 1 amide bonds. The van der Waals surface area contributed by atoms with Crippen molar-refractivity contribution in [1.29, 1.82) is 0 Å². The van der Waals surface area contributed by atoms with Crippen molar-refractivity contribution in [3.63, 3.8) is 0 Å². The summed E-state index contributed by atoms with van der Waals surface area (Å²) in [5, 5.41) is 20.5. The van der Waals surface area contributed by atoms with Crippen LogP contribution in [-0.2, 0) is 4.79 Å². The number of aromatic carboxylic acids is 1. The van der Waals surface area contributed by atoms with Crippen molar-refractivity contribution in [3.05, 3.63) is 59.7 Å². The van der Waals surface area contributed by atoms with Gasteiger partial charge in [0.2, 0.25) is 0 Å². The van der Waals surface area contributed by atoms with E-state index in [2.05, 4.69) is 5.32 Å². The number of aliphatic carboxylic acids is 1. The van der Waals surface area contributed by atoms with E-state index in [1.54, 1.807) is 22.3 Å². The molecule has 2 aromatic carbocycles. The van der Waals surface area contributed by atoms with Gasteiger partial charge in [-0.2, -0.15) is 0 Å². The molecular weight excluding hydrogens is 435 g/mol. The fourth-order valence-electron chi connectivity index (χ4n) is 2.03. The molecule has 0 aliphatic rings. The number of carbonyl (C=O) groups is 3. The number of benzene rings is 2. The van der Waals surface area contributed by atoms with Crippen LogP contribution in [0.15, 0.2) is 48.5 Å². The normalized spacial score (nSPS) is 11.6.